The third-order valence-corrected chi connectivity index (χ3v) is 3.54. The fraction of sp³-hybridized carbons (Fsp3) is 0.846. The molecule has 2 rings (SSSR count). The fourth-order valence-corrected chi connectivity index (χ4v) is 2.53. The Morgan fingerprint density at radius 1 is 1.50 bits per heavy atom. The molecule has 0 aliphatic carbocycles. The summed E-state index contributed by atoms with van der Waals surface area (Å²) in [7, 11) is 2.01. The van der Waals surface area contributed by atoms with Gasteiger partial charge in [0.05, 0.1) is 6.54 Å². The summed E-state index contributed by atoms with van der Waals surface area (Å²) in [6.45, 7) is 5.15. The van der Waals surface area contributed by atoms with Gasteiger partial charge in [0, 0.05) is 19.0 Å². The standard InChI is InChI=1S/C13H24N4O/c1-3-4-7-12-15-13(18-16-12)10-17-8-5-6-11(17)9-14-2/h11,14H,3-10H2,1-2H3. The van der Waals surface area contributed by atoms with E-state index >= 15 is 0 Å². The van der Waals surface area contributed by atoms with Gasteiger partial charge in [-0.15, -0.1) is 0 Å². The van der Waals surface area contributed by atoms with Crippen molar-refractivity contribution in [1.82, 2.24) is 20.4 Å². The van der Waals surface area contributed by atoms with Crippen molar-refractivity contribution in [3.8, 4) is 0 Å². The van der Waals surface area contributed by atoms with Gasteiger partial charge in [-0.25, -0.2) is 0 Å². The first kappa shape index (κ1) is 13.5. The van der Waals surface area contributed by atoms with Crippen LogP contribution in [0.5, 0.6) is 0 Å². The summed E-state index contributed by atoms with van der Waals surface area (Å²) in [4.78, 5) is 6.90. The molecular formula is C13H24N4O. The molecule has 18 heavy (non-hydrogen) atoms. The summed E-state index contributed by atoms with van der Waals surface area (Å²) in [5.41, 5.74) is 0. The molecule has 102 valence electrons. The van der Waals surface area contributed by atoms with Crippen LogP contribution in [0.1, 0.15) is 44.3 Å². The van der Waals surface area contributed by atoms with Crippen LogP contribution in [0.15, 0.2) is 4.52 Å². The first-order chi connectivity index (χ1) is 8.83. The summed E-state index contributed by atoms with van der Waals surface area (Å²) in [6.07, 6.45) is 5.76. The Hall–Kier alpha value is -0.940. The van der Waals surface area contributed by atoms with Crippen LogP contribution in [0.25, 0.3) is 0 Å². The lowest BCUT2D eigenvalue weighted by molar-refractivity contribution is 0.209. The molecule has 2 heterocycles. The lowest BCUT2D eigenvalue weighted by atomic mass is 10.2. The average Bonchev–Trinajstić information content (AvgIpc) is 2.98. The van der Waals surface area contributed by atoms with Gasteiger partial charge in [-0.3, -0.25) is 4.90 Å². The van der Waals surface area contributed by atoms with Gasteiger partial charge in [-0.2, -0.15) is 4.98 Å². The number of nitrogens with zero attached hydrogens (tertiary/aromatic N) is 3. The Morgan fingerprint density at radius 2 is 2.39 bits per heavy atom. The molecule has 0 aromatic carbocycles. The monoisotopic (exact) mass is 252 g/mol. The minimum Gasteiger partial charge on any atom is -0.338 e. The molecule has 1 atom stereocenters. The van der Waals surface area contributed by atoms with Crippen LogP contribution >= 0.6 is 0 Å². The zero-order chi connectivity index (χ0) is 12.8. The molecule has 5 nitrogen and oxygen atoms in total. The summed E-state index contributed by atoms with van der Waals surface area (Å²) in [5.74, 6) is 1.63. The van der Waals surface area contributed by atoms with Crippen molar-refractivity contribution in [3.63, 3.8) is 0 Å². The highest BCUT2D eigenvalue weighted by Crippen LogP contribution is 2.19. The molecule has 1 aromatic heterocycles. The van der Waals surface area contributed by atoms with Crippen LogP contribution in [0.2, 0.25) is 0 Å². The number of likely N-dealkylation sites (tertiary alicyclic amines) is 1. The predicted molar refractivity (Wildman–Crippen MR) is 70.3 cm³/mol. The smallest absolute Gasteiger partial charge is 0.240 e. The number of aryl methyl sites for hydroxylation is 1. The van der Waals surface area contributed by atoms with Crippen molar-refractivity contribution >= 4 is 0 Å². The Kier molecular flexibility index (Phi) is 5.13. The lowest BCUT2D eigenvalue weighted by Crippen LogP contribution is -2.36. The third-order valence-electron chi connectivity index (χ3n) is 3.54. The van der Waals surface area contributed by atoms with E-state index in [0.717, 1.165) is 44.2 Å². The van der Waals surface area contributed by atoms with Crippen molar-refractivity contribution in [2.24, 2.45) is 0 Å². The zero-order valence-electron chi connectivity index (χ0n) is 11.5. The van der Waals surface area contributed by atoms with E-state index in [-0.39, 0.29) is 0 Å². The van der Waals surface area contributed by atoms with E-state index in [4.69, 9.17) is 4.52 Å². The summed E-state index contributed by atoms with van der Waals surface area (Å²) in [6, 6.07) is 0.612. The van der Waals surface area contributed by atoms with Gasteiger partial charge in [0.1, 0.15) is 0 Å². The van der Waals surface area contributed by atoms with Gasteiger partial charge < -0.3 is 9.84 Å². The number of rotatable bonds is 7. The van der Waals surface area contributed by atoms with Gasteiger partial charge >= 0.3 is 0 Å². The van der Waals surface area contributed by atoms with Gasteiger partial charge in [-0.1, -0.05) is 18.5 Å². The number of hydrogen-bond donors (Lipinski definition) is 1. The molecule has 1 N–H and O–H groups in total. The molecule has 1 fully saturated rings. The van der Waals surface area contributed by atoms with Gasteiger partial charge in [0.15, 0.2) is 5.82 Å². The molecule has 1 aliphatic heterocycles. The number of likely N-dealkylation sites (N-methyl/N-ethyl adjacent to an activating group) is 1. The molecule has 0 amide bonds. The van der Waals surface area contributed by atoms with Crippen molar-refractivity contribution in [3.05, 3.63) is 11.7 Å². The summed E-state index contributed by atoms with van der Waals surface area (Å²) >= 11 is 0. The predicted octanol–water partition coefficient (Wildman–Crippen LogP) is 1.60. The molecule has 0 saturated carbocycles. The van der Waals surface area contributed by atoms with E-state index in [1.54, 1.807) is 0 Å². The number of unbranched alkanes of at least 4 members (excludes halogenated alkanes) is 1. The van der Waals surface area contributed by atoms with E-state index in [2.05, 4.69) is 27.3 Å². The van der Waals surface area contributed by atoms with E-state index in [0.29, 0.717) is 6.04 Å². The number of nitrogens with one attached hydrogen (secondary N) is 1. The largest absolute Gasteiger partial charge is 0.338 e. The van der Waals surface area contributed by atoms with Crippen LogP contribution in [0.4, 0.5) is 0 Å². The molecule has 1 saturated heterocycles. The lowest BCUT2D eigenvalue weighted by Gasteiger charge is -2.22. The second-order valence-corrected chi connectivity index (χ2v) is 5.03. The Bertz CT molecular complexity index is 353. The molecule has 5 heteroatoms. The fourth-order valence-electron chi connectivity index (χ4n) is 2.53. The van der Waals surface area contributed by atoms with E-state index in [1.165, 1.54) is 19.3 Å². The maximum atomic E-state index is 5.33. The minimum absolute atomic E-state index is 0.612. The molecule has 0 radical (unpaired) electrons. The average molecular weight is 252 g/mol. The van der Waals surface area contributed by atoms with Crippen LogP contribution in [0.3, 0.4) is 0 Å². The van der Waals surface area contributed by atoms with Crippen LogP contribution in [-0.4, -0.2) is 41.2 Å². The highest BCUT2D eigenvalue weighted by molar-refractivity contribution is 4.89. The minimum atomic E-state index is 0.612. The van der Waals surface area contributed by atoms with E-state index in [9.17, 15) is 0 Å². The van der Waals surface area contributed by atoms with Gasteiger partial charge in [0.2, 0.25) is 5.89 Å². The second kappa shape index (κ2) is 6.85. The first-order valence-electron chi connectivity index (χ1n) is 7.03. The molecule has 0 bridgehead atoms. The van der Waals surface area contributed by atoms with Crippen LogP contribution in [-0.2, 0) is 13.0 Å². The Morgan fingerprint density at radius 3 is 3.17 bits per heavy atom. The third kappa shape index (κ3) is 3.53. The summed E-state index contributed by atoms with van der Waals surface area (Å²) < 4.78 is 5.33. The summed E-state index contributed by atoms with van der Waals surface area (Å²) in [5, 5.41) is 7.29. The van der Waals surface area contributed by atoms with Crippen LogP contribution < -0.4 is 5.32 Å². The normalized spacial score (nSPS) is 20.7. The molecule has 1 aromatic rings. The SMILES string of the molecule is CCCCc1noc(CN2CCCC2CNC)n1. The Labute approximate surface area is 109 Å². The van der Waals surface area contributed by atoms with Crippen molar-refractivity contribution < 1.29 is 4.52 Å². The van der Waals surface area contributed by atoms with E-state index in [1.807, 2.05) is 7.05 Å². The van der Waals surface area contributed by atoms with Crippen molar-refractivity contribution in [2.45, 2.75) is 51.6 Å². The number of hydrogen-bond acceptors (Lipinski definition) is 5. The molecule has 1 unspecified atom stereocenters. The number of aromatic nitrogens is 2. The van der Waals surface area contributed by atoms with Crippen molar-refractivity contribution in [1.29, 1.82) is 0 Å². The van der Waals surface area contributed by atoms with Gasteiger partial charge in [-0.05, 0) is 32.9 Å². The maximum absolute atomic E-state index is 5.33. The molecule has 0 spiro atoms. The highest BCUT2D eigenvalue weighted by Gasteiger charge is 2.25. The second-order valence-electron chi connectivity index (χ2n) is 5.03. The van der Waals surface area contributed by atoms with Crippen LogP contribution in [0, 0.1) is 0 Å². The quantitative estimate of drug-likeness (QED) is 0.798. The van der Waals surface area contributed by atoms with E-state index < -0.39 is 0 Å². The zero-order valence-corrected chi connectivity index (χ0v) is 11.5. The maximum Gasteiger partial charge on any atom is 0.240 e. The Balaban J connectivity index is 1.86. The molecule has 1 aliphatic rings. The van der Waals surface area contributed by atoms with Gasteiger partial charge in [0.25, 0.3) is 0 Å². The molecular weight excluding hydrogens is 228 g/mol. The first-order valence-corrected chi connectivity index (χ1v) is 7.03. The topological polar surface area (TPSA) is 54.2 Å². The highest BCUT2D eigenvalue weighted by atomic mass is 16.5. The van der Waals surface area contributed by atoms with Crippen molar-refractivity contribution in [2.75, 3.05) is 20.1 Å².